The molecular formula is C13H14N2O. The van der Waals surface area contributed by atoms with Crippen molar-refractivity contribution in [1.82, 2.24) is 9.97 Å². The van der Waals surface area contributed by atoms with Gasteiger partial charge in [-0.05, 0) is 24.1 Å². The van der Waals surface area contributed by atoms with Crippen molar-refractivity contribution >= 4 is 0 Å². The standard InChI is InChI=1S/C13H14N2O/c1-10-3-4-11(8-14-10)7-12-5-6-13(16-2)15-9-12/h3-6,8-9H,7H2,1-2H3. The lowest BCUT2D eigenvalue weighted by atomic mass is 10.1. The first-order valence-electron chi connectivity index (χ1n) is 5.18. The predicted octanol–water partition coefficient (Wildman–Crippen LogP) is 2.38. The zero-order valence-electron chi connectivity index (χ0n) is 9.47. The van der Waals surface area contributed by atoms with Crippen LogP contribution in [-0.4, -0.2) is 17.1 Å². The highest BCUT2D eigenvalue weighted by Gasteiger charge is 1.98. The fraction of sp³-hybridized carbons (Fsp3) is 0.231. The SMILES string of the molecule is COc1ccc(Cc2ccc(C)nc2)cn1. The van der Waals surface area contributed by atoms with Gasteiger partial charge in [0.15, 0.2) is 0 Å². The maximum absolute atomic E-state index is 5.01. The van der Waals surface area contributed by atoms with E-state index in [-0.39, 0.29) is 0 Å². The highest BCUT2D eigenvalue weighted by molar-refractivity contribution is 5.25. The summed E-state index contributed by atoms with van der Waals surface area (Å²) in [5.41, 5.74) is 3.39. The molecule has 0 aliphatic rings. The Balaban J connectivity index is 2.11. The van der Waals surface area contributed by atoms with Crippen molar-refractivity contribution in [2.75, 3.05) is 7.11 Å². The summed E-state index contributed by atoms with van der Waals surface area (Å²) in [6.07, 6.45) is 4.59. The van der Waals surface area contributed by atoms with E-state index in [0.717, 1.165) is 17.7 Å². The van der Waals surface area contributed by atoms with Crippen molar-refractivity contribution < 1.29 is 4.74 Å². The van der Waals surface area contributed by atoms with Crippen LogP contribution in [0.2, 0.25) is 0 Å². The third-order valence-electron chi connectivity index (χ3n) is 2.39. The Hall–Kier alpha value is -1.90. The van der Waals surface area contributed by atoms with Crippen LogP contribution in [0.5, 0.6) is 5.88 Å². The van der Waals surface area contributed by atoms with Gasteiger partial charge in [0.1, 0.15) is 0 Å². The molecule has 0 unspecified atom stereocenters. The van der Waals surface area contributed by atoms with Gasteiger partial charge in [0.05, 0.1) is 7.11 Å². The van der Waals surface area contributed by atoms with E-state index in [4.69, 9.17) is 4.74 Å². The number of aromatic nitrogens is 2. The fourth-order valence-electron chi connectivity index (χ4n) is 1.47. The molecule has 0 radical (unpaired) electrons. The van der Waals surface area contributed by atoms with Gasteiger partial charge in [0.2, 0.25) is 5.88 Å². The summed E-state index contributed by atoms with van der Waals surface area (Å²) in [5.74, 6) is 0.644. The Kier molecular flexibility index (Phi) is 3.15. The zero-order valence-corrected chi connectivity index (χ0v) is 9.47. The molecule has 0 saturated heterocycles. The molecular weight excluding hydrogens is 200 g/mol. The van der Waals surface area contributed by atoms with Gasteiger partial charge in [-0.2, -0.15) is 0 Å². The number of nitrogens with zero attached hydrogens (tertiary/aromatic N) is 2. The van der Waals surface area contributed by atoms with Crippen LogP contribution in [-0.2, 0) is 6.42 Å². The van der Waals surface area contributed by atoms with Crippen LogP contribution in [0.3, 0.4) is 0 Å². The first-order valence-corrected chi connectivity index (χ1v) is 5.18. The first-order chi connectivity index (χ1) is 7.78. The first kappa shape index (κ1) is 10.6. The third kappa shape index (κ3) is 2.57. The highest BCUT2D eigenvalue weighted by Crippen LogP contribution is 2.11. The summed E-state index contributed by atoms with van der Waals surface area (Å²) in [6, 6.07) is 8.00. The second-order valence-electron chi connectivity index (χ2n) is 3.69. The van der Waals surface area contributed by atoms with Gasteiger partial charge in [-0.1, -0.05) is 12.1 Å². The van der Waals surface area contributed by atoms with Gasteiger partial charge in [0, 0.05) is 30.6 Å². The molecule has 82 valence electrons. The minimum Gasteiger partial charge on any atom is -0.481 e. The van der Waals surface area contributed by atoms with Crippen molar-refractivity contribution in [3.8, 4) is 5.88 Å². The van der Waals surface area contributed by atoms with E-state index in [0.29, 0.717) is 5.88 Å². The average Bonchev–Trinajstić information content (AvgIpc) is 2.33. The fourth-order valence-corrected chi connectivity index (χ4v) is 1.47. The second-order valence-corrected chi connectivity index (χ2v) is 3.69. The van der Waals surface area contributed by atoms with Crippen molar-refractivity contribution in [3.63, 3.8) is 0 Å². The van der Waals surface area contributed by atoms with Gasteiger partial charge in [-0.3, -0.25) is 4.98 Å². The summed E-state index contributed by atoms with van der Waals surface area (Å²) < 4.78 is 5.01. The number of rotatable bonds is 3. The molecule has 0 amide bonds. The van der Waals surface area contributed by atoms with Crippen LogP contribution in [0, 0.1) is 6.92 Å². The van der Waals surface area contributed by atoms with Gasteiger partial charge in [-0.25, -0.2) is 4.98 Å². The summed E-state index contributed by atoms with van der Waals surface area (Å²) in [7, 11) is 1.62. The summed E-state index contributed by atoms with van der Waals surface area (Å²) in [6.45, 7) is 1.98. The molecule has 0 aromatic carbocycles. The largest absolute Gasteiger partial charge is 0.481 e. The minimum atomic E-state index is 0.644. The van der Waals surface area contributed by atoms with Crippen molar-refractivity contribution in [3.05, 3.63) is 53.5 Å². The molecule has 0 spiro atoms. The predicted molar refractivity (Wildman–Crippen MR) is 62.6 cm³/mol. The van der Waals surface area contributed by atoms with Crippen LogP contribution in [0.1, 0.15) is 16.8 Å². The highest BCUT2D eigenvalue weighted by atomic mass is 16.5. The Labute approximate surface area is 95.1 Å². The summed E-state index contributed by atoms with van der Waals surface area (Å²) >= 11 is 0. The summed E-state index contributed by atoms with van der Waals surface area (Å²) in [5, 5.41) is 0. The Morgan fingerprint density at radius 2 is 1.69 bits per heavy atom. The molecule has 0 saturated carbocycles. The maximum Gasteiger partial charge on any atom is 0.212 e. The third-order valence-corrected chi connectivity index (χ3v) is 2.39. The number of pyridine rings is 2. The molecule has 3 heteroatoms. The van der Waals surface area contributed by atoms with Crippen molar-refractivity contribution in [1.29, 1.82) is 0 Å². The molecule has 0 aliphatic carbocycles. The molecule has 0 fully saturated rings. The normalized spacial score (nSPS) is 10.1. The van der Waals surface area contributed by atoms with Crippen LogP contribution in [0.4, 0.5) is 0 Å². The number of hydrogen-bond donors (Lipinski definition) is 0. The maximum atomic E-state index is 5.01. The molecule has 0 aliphatic heterocycles. The molecule has 0 bridgehead atoms. The Morgan fingerprint density at radius 1 is 1.00 bits per heavy atom. The molecule has 2 heterocycles. The quantitative estimate of drug-likeness (QED) is 0.786. The smallest absolute Gasteiger partial charge is 0.212 e. The lowest BCUT2D eigenvalue weighted by Crippen LogP contribution is -1.93. The topological polar surface area (TPSA) is 35.0 Å². The number of hydrogen-bond acceptors (Lipinski definition) is 3. The Morgan fingerprint density at radius 3 is 2.19 bits per heavy atom. The second kappa shape index (κ2) is 4.75. The number of methoxy groups -OCH3 is 1. The van der Waals surface area contributed by atoms with E-state index in [1.54, 1.807) is 7.11 Å². The van der Waals surface area contributed by atoms with E-state index in [2.05, 4.69) is 16.0 Å². The van der Waals surface area contributed by atoms with E-state index in [1.165, 1.54) is 5.56 Å². The Bertz CT molecular complexity index is 448. The molecule has 2 aromatic heterocycles. The average molecular weight is 214 g/mol. The van der Waals surface area contributed by atoms with Gasteiger partial charge in [0.25, 0.3) is 0 Å². The lowest BCUT2D eigenvalue weighted by Gasteiger charge is -2.03. The van der Waals surface area contributed by atoms with Crippen LogP contribution in [0.25, 0.3) is 0 Å². The molecule has 3 nitrogen and oxygen atoms in total. The molecule has 0 N–H and O–H groups in total. The number of aryl methyl sites for hydroxylation is 1. The van der Waals surface area contributed by atoms with Crippen molar-refractivity contribution in [2.24, 2.45) is 0 Å². The molecule has 0 atom stereocenters. The zero-order chi connectivity index (χ0) is 11.4. The molecule has 2 rings (SSSR count). The number of ether oxygens (including phenoxy) is 1. The van der Waals surface area contributed by atoms with E-state index < -0.39 is 0 Å². The summed E-state index contributed by atoms with van der Waals surface area (Å²) in [4.78, 5) is 8.43. The lowest BCUT2D eigenvalue weighted by molar-refractivity contribution is 0.397. The van der Waals surface area contributed by atoms with Crippen LogP contribution in [0.15, 0.2) is 36.7 Å². The van der Waals surface area contributed by atoms with Crippen molar-refractivity contribution in [2.45, 2.75) is 13.3 Å². The van der Waals surface area contributed by atoms with Gasteiger partial charge in [-0.15, -0.1) is 0 Å². The van der Waals surface area contributed by atoms with E-state index in [9.17, 15) is 0 Å². The van der Waals surface area contributed by atoms with Crippen LogP contribution >= 0.6 is 0 Å². The van der Waals surface area contributed by atoms with Gasteiger partial charge >= 0.3 is 0 Å². The van der Waals surface area contributed by atoms with Gasteiger partial charge < -0.3 is 4.74 Å². The van der Waals surface area contributed by atoms with E-state index in [1.807, 2.05) is 37.5 Å². The monoisotopic (exact) mass is 214 g/mol. The van der Waals surface area contributed by atoms with E-state index >= 15 is 0 Å². The van der Waals surface area contributed by atoms with Crippen LogP contribution < -0.4 is 4.74 Å². The molecule has 2 aromatic rings. The minimum absolute atomic E-state index is 0.644. The molecule has 16 heavy (non-hydrogen) atoms.